The summed E-state index contributed by atoms with van der Waals surface area (Å²) in [5.74, 6) is 0.463. The summed E-state index contributed by atoms with van der Waals surface area (Å²) in [4.78, 5) is 0. The van der Waals surface area contributed by atoms with Crippen molar-refractivity contribution in [1.82, 2.24) is 0 Å². The lowest BCUT2D eigenvalue weighted by atomic mass is 9.67. The maximum Gasteiger partial charge on any atom is 0.122 e. The lowest BCUT2D eigenvalue weighted by Crippen LogP contribution is -2.38. The van der Waals surface area contributed by atoms with E-state index in [2.05, 4.69) is 22.9 Å². The average molecular weight is 326 g/mol. The van der Waals surface area contributed by atoms with Gasteiger partial charge in [0.1, 0.15) is 5.75 Å². The van der Waals surface area contributed by atoms with Crippen molar-refractivity contribution < 1.29 is 5.11 Å². The van der Waals surface area contributed by atoms with E-state index in [9.17, 15) is 5.11 Å². The molecule has 0 saturated heterocycles. The first-order valence-electron chi connectivity index (χ1n) is 7.13. The van der Waals surface area contributed by atoms with Crippen LogP contribution in [0, 0.1) is 20.8 Å². The van der Waals surface area contributed by atoms with Crippen molar-refractivity contribution in [3.8, 4) is 5.75 Å². The molecule has 0 spiro atoms. The zero-order chi connectivity index (χ0) is 14.2. The van der Waals surface area contributed by atoms with Crippen LogP contribution in [0.25, 0.3) is 0 Å². The molecular formula is C16H24BrNO. The van der Waals surface area contributed by atoms with Crippen molar-refractivity contribution in [3.63, 3.8) is 0 Å². The number of aromatic hydroxyl groups is 1. The summed E-state index contributed by atoms with van der Waals surface area (Å²) in [6.45, 7) is 6.76. The second-order valence-electron chi connectivity index (χ2n) is 5.96. The smallest absolute Gasteiger partial charge is 0.122 e. The SMILES string of the molecule is Cc1c(C)c(Br)c(C)c(C2(CN)CCCCC2)c1O. The first-order valence-corrected chi connectivity index (χ1v) is 7.92. The van der Waals surface area contributed by atoms with Crippen LogP contribution < -0.4 is 5.73 Å². The van der Waals surface area contributed by atoms with Crippen LogP contribution in [0.3, 0.4) is 0 Å². The van der Waals surface area contributed by atoms with Crippen molar-refractivity contribution >= 4 is 15.9 Å². The van der Waals surface area contributed by atoms with Crippen LogP contribution in [0.4, 0.5) is 0 Å². The van der Waals surface area contributed by atoms with Gasteiger partial charge in [0.25, 0.3) is 0 Å². The van der Waals surface area contributed by atoms with E-state index in [0.29, 0.717) is 12.3 Å². The highest BCUT2D eigenvalue weighted by molar-refractivity contribution is 9.10. The Bertz CT molecular complexity index is 461. The van der Waals surface area contributed by atoms with E-state index in [1.54, 1.807) is 0 Å². The molecule has 1 saturated carbocycles. The molecule has 0 amide bonds. The summed E-state index contributed by atoms with van der Waals surface area (Å²) >= 11 is 3.68. The van der Waals surface area contributed by atoms with Gasteiger partial charge in [0.05, 0.1) is 0 Å². The van der Waals surface area contributed by atoms with E-state index in [1.807, 2.05) is 13.8 Å². The van der Waals surface area contributed by atoms with Crippen molar-refractivity contribution in [2.24, 2.45) is 5.73 Å². The third kappa shape index (κ3) is 2.31. The Hall–Kier alpha value is -0.540. The molecule has 1 fully saturated rings. The topological polar surface area (TPSA) is 46.2 Å². The van der Waals surface area contributed by atoms with Crippen LogP contribution in [-0.2, 0) is 5.41 Å². The predicted octanol–water partition coefficient (Wildman–Crippen LogP) is 4.24. The number of rotatable bonds is 2. The summed E-state index contributed by atoms with van der Waals surface area (Å²) in [5, 5.41) is 10.7. The monoisotopic (exact) mass is 325 g/mol. The molecule has 0 bridgehead atoms. The van der Waals surface area contributed by atoms with E-state index in [0.717, 1.165) is 39.6 Å². The summed E-state index contributed by atoms with van der Waals surface area (Å²) < 4.78 is 1.12. The Kier molecular flexibility index (Phi) is 4.26. The minimum absolute atomic E-state index is 0.0343. The van der Waals surface area contributed by atoms with Crippen LogP contribution >= 0.6 is 15.9 Å². The molecule has 1 aliphatic carbocycles. The van der Waals surface area contributed by atoms with Crippen LogP contribution in [0.15, 0.2) is 4.47 Å². The van der Waals surface area contributed by atoms with E-state index in [-0.39, 0.29) is 5.41 Å². The fourth-order valence-electron chi connectivity index (χ4n) is 3.53. The third-order valence-corrected chi connectivity index (χ3v) is 6.11. The van der Waals surface area contributed by atoms with Gasteiger partial charge in [0.15, 0.2) is 0 Å². The zero-order valence-electron chi connectivity index (χ0n) is 12.1. The Morgan fingerprint density at radius 1 is 1.05 bits per heavy atom. The minimum Gasteiger partial charge on any atom is -0.507 e. The zero-order valence-corrected chi connectivity index (χ0v) is 13.7. The number of hydrogen-bond acceptors (Lipinski definition) is 2. The van der Waals surface area contributed by atoms with Crippen LogP contribution in [0.1, 0.15) is 54.4 Å². The number of hydrogen-bond donors (Lipinski definition) is 2. The summed E-state index contributed by atoms with van der Waals surface area (Å²) in [5.41, 5.74) is 10.4. The molecule has 0 radical (unpaired) electrons. The van der Waals surface area contributed by atoms with Gasteiger partial charge < -0.3 is 10.8 Å². The fraction of sp³-hybridized carbons (Fsp3) is 0.625. The maximum atomic E-state index is 10.7. The van der Waals surface area contributed by atoms with Gasteiger partial charge in [-0.15, -0.1) is 0 Å². The molecule has 0 aromatic heterocycles. The van der Waals surface area contributed by atoms with Crippen LogP contribution in [0.5, 0.6) is 5.75 Å². The number of benzene rings is 1. The van der Waals surface area contributed by atoms with Crippen molar-refractivity contribution in [2.75, 3.05) is 6.54 Å². The fourth-order valence-corrected chi connectivity index (χ4v) is 4.03. The molecule has 3 N–H and O–H groups in total. The summed E-state index contributed by atoms with van der Waals surface area (Å²) in [7, 11) is 0. The number of nitrogens with two attached hydrogens (primary N) is 1. The molecular weight excluding hydrogens is 302 g/mol. The molecule has 1 aromatic rings. The summed E-state index contributed by atoms with van der Waals surface area (Å²) in [6.07, 6.45) is 5.88. The molecule has 1 aliphatic rings. The van der Waals surface area contributed by atoms with Crippen molar-refractivity contribution in [3.05, 3.63) is 26.7 Å². The number of phenols is 1. The maximum absolute atomic E-state index is 10.7. The first kappa shape index (κ1) is 14.9. The Labute approximate surface area is 124 Å². The second kappa shape index (κ2) is 5.45. The lowest BCUT2D eigenvalue weighted by molar-refractivity contribution is 0.289. The molecule has 2 rings (SSSR count). The van der Waals surface area contributed by atoms with Gasteiger partial charge in [-0.1, -0.05) is 35.2 Å². The molecule has 0 atom stereocenters. The van der Waals surface area contributed by atoms with Gasteiger partial charge in [0, 0.05) is 22.0 Å². The molecule has 0 aliphatic heterocycles. The predicted molar refractivity (Wildman–Crippen MR) is 83.8 cm³/mol. The minimum atomic E-state index is -0.0343. The number of phenolic OH excluding ortho intramolecular Hbond substituents is 1. The van der Waals surface area contributed by atoms with E-state index in [1.165, 1.54) is 19.3 Å². The van der Waals surface area contributed by atoms with Gasteiger partial charge in [-0.25, -0.2) is 0 Å². The van der Waals surface area contributed by atoms with Gasteiger partial charge in [-0.05, 0) is 50.3 Å². The highest BCUT2D eigenvalue weighted by atomic mass is 79.9. The Morgan fingerprint density at radius 3 is 2.16 bits per heavy atom. The second-order valence-corrected chi connectivity index (χ2v) is 6.75. The van der Waals surface area contributed by atoms with Gasteiger partial charge in [-0.2, -0.15) is 0 Å². The van der Waals surface area contributed by atoms with Gasteiger partial charge in [-0.3, -0.25) is 0 Å². The van der Waals surface area contributed by atoms with E-state index in [4.69, 9.17) is 5.73 Å². The number of halogens is 1. The Morgan fingerprint density at radius 2 is 1.63 bits per heavy atom. The Balaban J connectivity index is 2.67. The first-order chi connectivity index (χ1) is 8.94. The van der Waals surface area contributed by atoms with Crippen molar-refractivity contribution in [2.45, 2.75) is 58.3 Å². The van der Waals surface area contributed by atoms with Crippen LogP contribution in [-0.4, -0.2) is 11.7 Å². The third-order valence-electron chi connectivity index (χ3n) is 4.92. The molecule has 0 heterocycles. The largest absolute Gasteiger partial charge is 0.507 e. The molecule has 2 nitrogen and oxygen atoms in total. The van der Waals surface area contributed by atoms with Gasteiger partial charge >= 0.3 is 0 Å². The average Bonchev–Trinajstić information content (AvgIpc) is 2.44. The van der Waals surface area contributed by atoms with E-state index < -0.39 is 0 Å². The molecule has 1 aromatic carbocycles. The quantitative estimate of drug-likeness (QED) is 0.854. The lowest BCUT2D eigenvalue weighted by Gasteiger charge is -2.39. The molecule has 19 heavy (non-hydrogen) atoms. The highest BCUT2D eigenvalue weighted by Crippen LogP contribution is 2.47. The standard InChI is InChI=1S/C16H24BrNO/c1-10-11(2)15(19)13(12(3)14(10)17)16(9-18)7-5-4-6-8-16/h19H,4-9,18H2,1-3H3. The van der Waals surface area contributed by atoms with E-state index >= 15 is 0 Å². The molecule has 0 unspecified atom stereocenters. The molecule has 106 valence electrons. The van der Waals surface area contributed by atoms with Gasteiger partial charge in [0.2, 0.25) is 0 Å². The van der Waals surface area contributed by atoms with Crippen LogP contribution in [0.2, 0.25) is 0 Å². The van der Waals surface area contributed by atoms with Crippen molar-refractivity contribution in [1.29, 1.82) is 0 Å². The molecule has 3 heteroatoms. The highest BCUT2D eigenvalue weighted by Gasteiger charge is 2.37. The summed E-state index contributed by atoms with van der Waals surface area (Å²) in [6, 6.07) is 0. The normalized spacial score (nSPS) is 18.6.